The zero-order valence-electron chi connectivity index (χ0n) is 11.3. The topological polar surface area (TPSA) is 68.3 Å². The van der Waals surface area contributed by atoms with Crippen molar-refractivity contribution in [3.05, 3.63) is 58.3 Å². The molecule has 2 rings (SSSR count). The minimum absolute atomic E-state index is 0.310. The van der Waals surface area contributed by atoms with Gasteiger partial charge in [-0.2, -0.15) is 0 Å². The first-order valence-corrected chi connectivity index (χ1v) is 6.99. The van der Waals surface area contributed by atoms with Crippen molar-refractivity contribution in [2.75, 3.05) is 11.9 Å². The summed E-state index contributed by atoms with van der Waals surface area (Å²) in [5.41, 5.74) is 1.90. The zero-order chi connectivity index (χ0) is 15.2. The van der Waals surface area contributed by atoms with E-state index in [0.717, 1.165) is 10.0 Å². The van der Waals surface area contributed by atoms with Crippen molar-refractivity contribution in [3.8, 4) is 0 Å². The Bertz CT molecular complexity index is 659. The highest BCUT2D eigenvalue weighted by Crippen LogP contribution is 2.19. The molecule has 0 aliphatic rings. The summed E-state index contributed by atoms with van der Waals surface area (Å²) >= 11 is 3.35. The van der Waals surface area contributed by atoms with Gasteiger partial charge in [0.2, 0.25) is 0 Å². The SMILES string of the molecule is Cc1cc(Br)ccc1NC(=O)COC(=O)c1cccnc1. The minimum atomic E-state index is -0.578. The maximum atomic E-state index is 11.8. The molecule has 1 amide bonds. The second-order valence-electron chi connectivity index (χ2n) is 4.33. The number of aryl methyl sites for hydroxylation is 1. The predicted molar refractivity (Wildman–Crippen MR) is 82.0 cm³/mol. The number of halogens is 1. The molecule has 1 N–H and O–H groups in total. The lowest BCUT2D eigenvalue weighted by Crippen LogP contribution is -2.21. The lowest BCUT2D eigenvalue weighted by atomic mass is 10.2. The van der Waals surface area contributed by atoms with Crippen LogP contribution >= 0.6 is 15.9 Å². The van der Waals surface area contributed by atoms with Crippen LogP contribution in [0, 0.1) is 6.92 Å². The van der Waals surface area contributed by atoms with E-state index in [1.165, 1.54) is 6.20 Å². The average molecular weight is 349 g/mol. The van der Waals surface area contributed by atoms with Crippen molar-refractivity contribution < 1.29 is 14.3 Å². The fourth-order valence-corrected chi connectivity index (χ4v) is 2.13. The molecule has 0 aliphatic carbocycles. The molecular formula is C15H13BrN2O3. The zero-order valence-corrected chi connectivity index (χ0v) is 12.9. The molecule has 2 aromatic rings. The van der Waals surface area contributed by atoms with Crippen molar-refractivity contribution in [2.24, 2.45) is 0 Å². The second-order valence-corrected chi connectivity index (χ2v) is 5.24. The number of carbonyl (C=O) groups is 2. The summed E-state index contributed by atoms with van der Waals surface area (Å²) in [7, 11) is 0. The number of nitrogens with zero attached hydrogens (tertiary/aromatic N) is 1. The Balaban J connectivity index is 1.89. The minimum Gasteiger partial charge on any atom is -0.452 e. The molecule has 0 fully saturated rings. The maximum Gasteiger partial charge on any atom is 0.340 e. The van der Waals surface area contributed by atoms with Gasteiger partial charge in [-0.25, -0.2) is 4.79 Å². The average Bonchev–Trinajstić information content (AvgIpc) is 2.48. The maximum absolute atomic E-state index is 11.8. The van der Waals surface area contributed by atoms with E-state index >= 15 is 0 Å². The predicted octanol–water partition coefficient (Wildman–Crippen LogP) is 2.95. The van der Waals surface area contributed by atoms with Crippen LogP contribution in [0.15, 0.2) is 47.2 Å². The van der Waals surface area contributed by atoms with Crippen LogP contribution in [-0.2, 0) is 9.53 Å². The quantitative estimate of drug-likeness (QED) is 0.862. The molecule has 108 valence electrons. The lowest BCUT2D eigenvalue weighted by Gasteiger charge is -2.09. The number of benzene rings is 1. The largest absolute Gasteiger partial charge is 0.452 e. The van der Waals surface area contributed by atoms with Gasteiger partial charge in [-0.05, 0) is 42.8 Å². The molecule has 1 aromatic heterocycles. The summed E-state index contributed by atoms with van der Waals surface area (Å²) in [5, 5.41) is 2.69. The Labute approximate surface area is 130 Å². The van der Waals surface area contributed by atoms with Crippen LogP contribution in [-0.4, -0.2) is 23.5 Å². The molecule has 5 nitrogen and oxygen atoms in total. The number of hydrogen-bond donors (Lipinski definition) is 1. The van der Waals surface area contributed by atoms with Gasteiger partial charge in [0.1, 0.15) is 0 Å². The highest BCUT2D eigenvalue weighted by molar-refractivity contribution is 9.10. The first kappa shape index (κ1) is 15.2. The van der Waals surface area contributed by atoms with Gasteiger partial charge >= 0.3 is 5.97 Å². The summed E-state index contributed by atoms with van der Waals surface area (Å²) < 4.78 is 5.86. The summed E-state index contributed by atoms with van der Waals surface area (Å²) in [6.45, 7) is 1.53. The third-order valence-electron chi connectivity index (χ3n) is 2.69. The van der Waals surface area contributed by atoms with Gasteiger partial charge in [-0.15, -0.1) is 0 Å². The van der Waals surface area contributed by atoms with E-state index in [9.17, 15) is 9.59 Å². The van der Waals surface area contributed by atoms with Gasteiger partial charge in [-0.1, -0.05) is 15.9 Å². The van der Waals surface area contributed by atoms with Crippen LogP contribution in [0.1, 0.15) is 15.9 Å². The van der Waals surface area contributed by atoms with Crippen LogP contribution in [0.3, 0.4) is 0 Å². The Morgan fingerprint density at radius 2 is 2.14 bits per heavy atom. The lowest BCUT2D eigenvalue weighted by molar-refractivity contribution is -0.119. The van der Waals surface area contributed by atoms with Gasteiger partial charge in [0.25, 0.3) is 5.91 Å². The third-order valence-corrected chi connectivity index (χ3v) is 3.19. The summed E-state index contributed by atoms with van der Waals surface area (Å²) in [6.07, 6.45) is 2.94. The number of hydrogen-bond acceptors (Lipinski definition) is 4. The Kier molecular flexibility index (Phi) is 5.05. The van der Waals surface area contributed by atoms with Crippen molar-refractivity contribution >= 4 is 33.5 Å². The van der Waals surface area contributed by atoms with Gasteiger partial charge in [-0.3, -0.25) is 9.78 Å². The monoisotopic (exact) mass is 348 g/mol. The summed E-state index contributed by atoms with van der Waals surface area (Å²) in [5.74, 6) is -0.969. The molecule has 0 spiro atoms. The van der Waals surface area contributed by atoms with E-state index in [1.54, 1.807) is 24.4 Å². The molecule has 0 unspecified atom stereocenters. The normalized spacial score (nSPS) is 10.0. The van der Waals surface area contributed by atoms with Gasteiger partial charge in [0, 0.05) is 22.6 Å². The number of carbonyl (C=O) groups excluding carboxylic acids is 2. The molecule has 1 heterocycles. The van der Waals surface area contributed by atoms with E-state index in [2.05, 4.69) is 26.2 Å². The van der Waals surface area contributed by atoms with Gasteiger partial charge in [0.05, 0.1) is 5.56 Å². The molecule has 0 aliphatic heterocycles. The van der Waals surface area contributed by atoms with Crippen LogP contribution < -0.4 is 5.32 Å². The number of anilines is 1. The first-order valence-electron chi connectivity index (χ1n) is 6.19. The molecule has 0 atom stereocenters. The molecule has 0 saturated heterocycles. The van der Waals surface area contributed by atoms with Crippen molar-refractivity contribution in [1.29, 1.82) is 0 Å². The van der Waals surface area contributed by atoms with E-state index in [-0.39, 0.29) is 6.61 Å². The number of rotatable bonds is 4. The van der Waals surface area contributed by atoms with E-state index in [1.807, 2.05) is 19.1 Å². The third kappa shape index (κ3) is 4.39. The van der Waals surface area contributed by atoms with Crippen LogP contribution in [0.25, 0.3) is 0 Å². The number of nitrogens with one attached hydrogen (secondary N) is 1. The number of aromatic nitrogens is 1. The standard InChI is InChI=1S/C15H13BrN2O3/c1-10-7-12(16)4-5-13(10)18-14(19)9-21-15(20)11-3-2-6-17-8-11/h2-8H,9H2,1H3,(H,18,19). The van der Waals surface area contributed by atoms with Crippen LogP contribution in [0.2, 0.25) is 0 Å². The Morgan fingerprint density at radius 1 is 1.33 bits per heavy atom. The smallest absolute Gasteiger partial charge is 0.340 e. The molecule has 0 saturated carbocycles. The van der Waals surface area contributed by atoms with Crippen molar-refractivity contribution in [2.45, 2.75) is 6.92 Å². The summed E-state index contributed by atoms with van der Waals surface area (Å²) in [4.78, 5) is 27.2. The van der Waals surface area contributed by atoms with E-state index in [4.69, 9.17) is 4.74 Å². The molecule has 6 heteroatoms. The number of esters is 1. The van der Waals surface area contributed by atoms with Gasteiger partial charge < -0.3 is 10.1 Å². The molecule has 21 heavy (non-hydrogen) atoms. The van der Waals surface area contributed by atoms with Gasteiger partial charge in [0.15, 0.2) is 6.61 Å². The first-order chi connectivity index (χ1) is 10.1. The summed E-state index contributed by atoms with van der Waals surface area (Å²) in [6, 6.07) is 8.69. The van der Waals surface area contributed by atoms with E-state index < -0.39 is 11.9 Å². The highest BCUT2D eigenvalue weighted by Gasteiger charge is 2.11. The molecule has 0 bridgehead atoms. The van der Waals surface area contributed by atoms with Crippen molar-refractivity contribution in [1.82, 2.24) is 4.98 Å². The van der Waals surface area contributed by atoms with Crippen LogP contribution in [0.4, 0.5) is 5.69 Å². The fraction of sp³-hybridized carbons (Fsp3) is 0.133. The molecule has 0 radical (unpaired) electrons. The van der Waals surface area contributed by atoms with Crippen molar-refractivity contribution in [3.63, 3.8) is 0 Å². The Hall–Kier alpha value is -2.21. The molecule has 1 aromatic carbocycles. The number of amides is 1. The fourth-order valence-electron chi connectivity index (χ4n) is 1.65. The van der Waals surface area contributed by atoms with Crippen LogP contribution in [0.5, 0.6) is 0 Å². The number of pyridine rings is 1. The Morgan fingerprint density at radius 3 is 2.81 bits per heavy atom. The molecular weight excluding hydrogens is 336 g/mol. The highest BCUT2D eigenvalue weighted by atomic mass is 79.9. The second kappa shape index (κ2) is 6.99. The van der Waals surface area contributed by atoms with E-state index in [0.29, 0.717) is 11.3 Å². The number of ether oxygens (including phenoxy) is 1.